The zero-order chi connectivity index (χ0) is 23.8. The molecule has 3 aromatic carbocycles. The Morgan fingerprint density at radius 1 is 1.12 bits per heavy atom. The van der Waals surface area contributed by atoms with E-state index >= 15 is 0 Å². The van der Waals surface area contributed by atoms with Gasteiger partial charge in [0.15, 0.2) is 0 Å². The minimum Gasteiger partial charge on any atom is -0.744 e. The Hall–Kier alpha value is -2.71. The van der Waals surface area contributed by atoms with Gasteiger partial charge in [-0.15, -0.1) is 10.2 Å². The van der Waals surface area contributed by atoms with Gasteiger partial charge < -0.3 is 20.7 Å². The van der Waals surface area contributed by atoms with Crippen LogP contribution >= 0.6 is 0 Å². The Labute approximate surface area is 207 Å². The number of nitrogens with two attached hydrogens (primary N) is 1. The van der Waals surface area contributed by atoms with E-state index in [1.165, 1.54) is 18.2 Å². The van der Waals surface area contributed by atoms with Crippen LogP contribution in [-0.2, 0) is 21.1 Å². The number of alkyl halides is 3. The predicted octanol–water partition coefficient (Wildman–Crippen LogP) is 1.43. The molecule has 14 heteroatoms. The summed E-state index contributed by atoms with van der Waals surface area (Å²) in [7, 11) is -4.88. The summed E-state index contributed by atoms with van der Waals surface area (Å²) >= 11 is 0. The third kappa shape index (κ3) is 6.00. The van der Waals surface area contributed by atoms with Gasteiger partial charge in [-0.25, -0.2) is 8.42 Å². The summed E-state index contributed by atoms with van der Waals surface area (Å²) in [5, 5.41) is 19.8. The van der Waals surface area contributed by atoms with Crippen molar-refractivity contribution in [3.05, 3.63) is 48.0 Å². The number of carbonyl (C=O) groups excluding carboxylic acids is 1. The number of nitrogens with zero attached hydrogens (tertiary/aromatic N) is 2. The molecule has 33 heavy (non-hydrogen) atoms. The van der Waals surface area contributed by atoms with Crippen molar-refractivity contribution < 1.29 is 65.6 Å². The molecule has 0 saturated carbocycles. The van der Waals surface area contributed by atoms with Crippen LogP contribution in [0.2, 0.25) is 0 Å². The average Bonchev–Trinajstić information content (AvgIpc) is 2.66. The second kappa shape index (κ2) is 9.65. The number of halogens is 3. The molecule has 3 aromatic rings. The SMILES string of the molecule is CC(=O)Nc1ccc(N=Nc2c(N)ccc3cc(S(=O)(=O)[O-])cc(O)c23)c(C(F)(F)F)c1.[Na+]. The molecule has 0 aliphatic carbocycles. The quantitative estimate of drug-likeness (QED) is 0.217. The Balaban J connectivity index is 0.00000385. The number of rotatable bonds is 4. The number of carbonyl (C=O) groups is 1. The first-order valence-corrected chi connectivity index (χ1v) is 10.1. The van der Waals surface area contributed by atoms with E-state index in [2.05, 4.69) is 15.5 Å². The summed E-state index contributed by atoms with van der Waals surface area (Å²) in [6.45, 7) is 1.14. The van der Waals surface area contributed by atoms with Crippen molar-refractivity contribution in [2.75, 3.05) is 11.1 Å². The molecule has 0 spiro atoms. The van der Waals surface area contributed by atoms with Crippen LogP contribution in [0.25, 0.3) is 10.8 Å². The molecule has 3 rings (SSSR count). The monoisotopic (exact) mass is 490 g/mol. The zero-order valence-corrected chi connectivity index (χ0v) is 20.0. The molecule has 9 nitrogen and oxygen atoms in total. The van der Waals surface area contributed by atoms with Crippen LogP contribution in [0.4, 0.5) is 35.9 Å². The second-order valence-electron chi connectivity index (χ2n) is 6.61. The van der Waals surface area contributed by atoms with Crippen molar-refractivity contribution in [3.8, 4) is 5.75 Å². The van der Waals surface area contributed by atoms with E-state index in [4.69, 9.17) is 5.73 Å². The van der Waals surface area contributed by atoms with Gasteiger partial charge in [-0.05, 0) is 41.8 Å². The summed E-state index contributed by atoms with van der Waals surface area (Å²) < 4.78 is 74.2. The molecule has 0 aromatic heterocycles. The van der Waals surface area contributed by atoms with Gasteiger partial charge in [0, 0.05) is 12.6 Å². The van der Waals surface area contributed by atoms with E-state index in [0.29, 0.717) is 12.1 Å². The smallest absolute Gasteiger partial charge is 0.744 e. The first-order chi connectivity index (χ1) is 14.8. The molecule has 0 unspecified atom stereocenters. The second-order valence-corrected chi connectivity index (χ2v) is 7.99. The fraction of sp³-hybridized carbons (Fsp3) is 0.105. The maximum atomic E-state index is 13.5. The van der Waals surface area contributed by atoms with Crippen molar-refractivity contribution in [1.29, 1.82) is 0 Å². The van der Waals surface area contributed by atoms with E-state index < -0.39 is 44.1 Å². The van der Waals surface area contributed by atoms with E-state index in [-0.39, 0.29) is 57.4 Å². The molecule has 0 saturated heterocycles. The molecule has 0 heterocycles. The number of nitrogens with one attached hydrogen (secondary N) is 1. The van der Waals surface area contributed by atoms with Crippen LogP contribution in [0.15, 0.2) is 57.6 Å². The van der Waals surface area contributed by atoms with Gasteiger partial charge in [-0.2, -0.15) is 13.2 Å². The molecular formula is C19H14F3N4NaO5S. The number of hydrogen-bond donors (Lipinski definition) is 3. The number of aromatic hydroxyl groups is 1. The number of phenolic OH excluding ortho intramolecular Hbond substituents is 1. The van der Waals surface area contributed by atoms with Gasteiger partial charge >= 0.3 is 35.7 Å². The minimum atomic E-state index is -4.88. The van der Waals surface area contributed by atoms with Crippen LogP contribution in [0, 0.1) is 0 Å². The molecular weight excluding hydrogens is 476 g/mol. The normalized spacial score (nSPS) is 12.0. The number of nitrogen functional groups attached to an aromatic ring is 1. The number of hydrogen-bond acceptors (Lipinski definition) is 8. The molecule has 0 bridgehead atoms. The Kier molecular flexibility index (Phi) is 7.76. The molecule has 168 valence electrons. The van der Waals surface area contributed by atoms with E-state index in [1.807, 2.05) is 0 Å². The molecule has 0 radical (unpaired) electrons. The topological polar surface area (TPSA) is 157 Å². The standard InChI is InChI=1S/C19H15F3N4O5S.Na/c1-9(27)24-11-3-5-15(13(7-11)19(20,21)22)25-26-18-14(23)4-2-10-6-12(32(29,30)31)8-16(28)17(10)18;/h2-8,28H,23H2,1H3,(H,24,27)(H,29,30,31);/q;+1/p-1. The largest absolute Gasteiger partial charge is 1.00 e. The summed E-state index contributed by atoms with van der Waals surface area (Å²) in [6, 6.07) is 7.10. The van der Waals surface area contributed by atoms with Gasteiger partial charge in [-0.1, -0.05) is 6.07 Å². The van der Waals surface area contributed by atoms with Crippen molar-refractivity contribution >= 4 is 49.5 Å². The average molecular weight is 490 g/mol. The van der Waals surface area contributed by atoms with Crippen LogP contribution in [0.3, 0.4) is 0 Å². The third-order valence-electron chi connectivity index (χ3n) is 4.24. The summed E-state index contributed by atoms with van der Waals surface area (Å²) in [5.74, 6) is -1.24. The van der Waals surface area contributed by atoms with Crippen LogP contribution in [-0.4, -0.2) is 24.0 Å². The zero-order valence-electron chi connectivity index (χ0n) is 17.1. The maximum absolute atomic E-state index is 13.5. The van der Waals surface area contributed by atoms with Gasteiger partial charge in [0.2, 0.25) is 5.91 Å². The first-order valence-electron chi connectivity index (χ1n) is 8.69. The van der Waals surface area contributed by atoms with Crippen molar-refractivity contribution in [2.24, 2.45) is 10.2 Å². The number of fused-ring (bicyclic) bond motifs is 1. The minimum absolute atomic E-state index is 0. The fourth-order valence-corrected chi connectivity index (χ4v) is 3.43. The van der Waals surface area contributed by atoms with Gasteiger partial charge in [0.1, 0.15) is 21.6 Å². The Bertz CT molecular complexity index is 1380. The molecule has 4 N–H and O–H groups in total. The van der Waals surface area contributed by atoms with Crippen LogP contribution in [0.1, 0.15) is 12.5 Å². The fourth-order valence-electron chi connectivity index (χ4n) is 2.90. The Morgan fingerprint density at radius 2 is 1.79 bits per heavy atom. The summed E-state index contributed by atoms with van der Waals surface area (Å²) in [6.07, 6.45) is -4.83. The molecule has 1 amide bonds. The van der Waals surface area contributed by atoms with Crippen molar-refractivity contribution in [3.63, 3.8) is 0 Å². The van der Waals surface area contributed by atoms with Crippen molar-refractivity contribution in [1.82, 2.24) is 0 Å². The van der Waals surface area contributed by atoms with Gasteiger partial charge in [0.05, 0.1) is 27.2 Å². The Morgan fingerprint density at radius 3 is 2.36 bits per heavy atom. The van der Waals surface area contributed by atoms with E-state index in [0.717, 1.165) is 19.1 Å². The maximum Gasteiger partial charge on any atom is 1.00 e. The molecule has 0 aliphatic rings. The molecule has 0 fully saturated rings. The predicted molar refractivity (Wildman–Crippen MR) is 108 cm³/mol. The molecule has 0 atom stereocenters. The number of phenols is 1. The van der Waals surface area contributed by atoms with Crippen LogP contribution < -0.4 is 40.6 Å². The summed E-state index contributed by atoms with van der Waals surface area (Å²) in [5.41, 5.74) is 3.65. The molecule has 0 aliphatic heterocycles. The van der Waals surface area contributed by atoms with E-state index in [9.17, 15) is 36.0 Å². The third-order valence-corrected chi connectivity index (χ3v) is 5.06. The van der Waals surface area contributed by atoms with Crippen LogP contribution in [0.5, 0.6) is 5.75 Å². The van der Waals surface area contributed by atoms with Gasteiger partial charge in [0.25, 0.3) is 0 Å². The summed E-state index contributed by atoms with van der Waals surface area (Å²) in [4.78, 5) is 10.4. The number of amides is 1. The number of benzene rings is 3. The van der Waals surface area contributed by atoms with Gasteiger partial charge in [-0.3, -0.25) is 4.79 Å². The number of azo groups is 1. The van der Waals surface area contributed by atoms with Crippen molar-refractivity contribution in [2.45, 2.75) is 18.0 Å². The first kappa shape index (κ1) is 26.5. The number of anilines is 2. The van der Waals surface area contributed by atoms with E-state index in [1.54, 1.807) is 0 Å².